The van der Waals surface area contributed by atoms with Crippen molar-refractivity contribution in [3.05, 3.63) is 65.3 Å². The SMILES string of the molecule is CCC(=O)N(CCN1CCOCC1)CC(=O)Nc1nc(-c2ccc(Cl)cc2)cn1-c1ccc(C)cc1. The standard InChI is InChI=1S/C27H32ClN5O3/c1-3-26(35)32(13-12-31-14-16-36-17-15-31)19-25(34)30-27-29-24(21-6-8-22(28)9-7-21)18-33(27)23-10-4-20(2)5-11-23/h4-11,18H,3,12-17,19H2,1-2H3,(H,29,30,34). The highest BCUT2D eigenvalue weighted by Crippen LogP contribution is 2.26. The zero-order valence-corrected chi connectivity index (χ0v) is 21.5. The number of rotatable bonds is 9. The second kappa shape index (κ2) is 12.2. The van der Waals surface area contributed by atoms with Gasteiger partial charge in [0.15, 0.2) is 0 Å². The number of halogens is 1. The Bertz CT molecular complexity index is 1170. The molecule has 0 radical (unpaired) electrons. The van der Waals surface area contributed by atoms with E-state index in [-0.39, 0.29) is 18.4 Å². The van der Waals surface area contributed by atoms with Crippen LogP contribution in [0, 0.1) is 6.92 Å². The number of nitrogens with zero attached hydrogens (tertiary/aromatic N) is 4. The summed E-state index contributed by atoms with van der Waals surface area (Å²) in [5, 5.41) is 3.57. The average molecular weight is 510 g/mol. The van der Waals surface area contributed by atoms with Crippen molar-refractivity contribution in [2.45, 2.75) is 20.3 Å². The van der Waals surface area contributed by atoms with Gasteiger partial charge in [0.05, 0.1) is 25.5 Å². The highest BCUT2D eigenvalue weighted by atomic mass is 35.5. The fourth-order valence-electron chi connectivity index (χ4n) is 4.07. The lowest BCUT2D eigenvalue weighted by Crippen LogP contribution is -2.45. The number of nitrogens with one attached hydrogen (secondary N) is 1. The molecular weight excluding hydrogens is 478 g/mol. The van der Waals surface area contributed by atoms with E-state index in [0.717, 1.165) is 29.9 Å². The first-order valence-corrected chi connectivity index (χ1v) is 12.6. The number of carbonyl (C=O) groups is 2. The van der Waals surface area contributed by atoms with Gasteiger partial charge in [-0.1, -0.05) is 48.4 Å². The fourth-order valence-corrected chi connectivity index (χ4v) is 4.20. The van der Waals surface area contributed by atoms with Gasteiger partial charge < -0.3 is 9.64 Å². The van der Waals surface area contributed by atoms with Gasteiger partial charge in [-0.25, -0.2) is 4.98 Å². The second-order valence-electron chi connectivity index (χ2n) is 8.83. The summed E-state index contributed by atoms with van der Waals surface area (Å²) in [7, 11) is 0. The van der Waals surface area contributed by atoms with Crippen molar-refractivity contribution in [3.8, 4) is 16.9 Å². The molecule has 2 heterocycles. The summed E-state index contributed by atoms with van der Waals surface area (Å²) in [6, 6.07) is 15.4. The Morgan fingerprint density at radius 3 is 2.44 bits per heavy atom. The molecule has 1 N–H and O–H groups in total. The van der Waals surface area contributed by atoms with Crippen LogP contribution in [-0.2, 0) is 14.3 Å². The molecule has 8 nitrogen and oxygen atoms in total. The van der Waals surface area contributed by atoms with Crippen LogP contribution in [0.1, 0.15) is 18.9 Å². The Hall–Kier alpha value is -3.20. The second-order valence-corrected chi connectivity index (χ2v) is 9.27. The molecule has 0 spiro atoms. The van der Waals surface area contributed by atoms with Gasteiger partial charge in [-0.15, -0.1) is 0 Å². The molecule has 0 atom stereocenters. The van der Waals surface area contributed by atoms with Crippen molar-refractivity contribution < 1.29 is 14.3 Å². The van der Waals surface area contributed by atoms with E-state index in [0.29, 0.717) is 49.4 Å². The number of hydrogen-bond donors (Lipinski definition) is 1. The van der Waals surface area contributed by atoms with E-state index < -0.39 is 0 Å². The zero-order valence-electron chi connectivity index (χ0n) is 20.7. The molecule has 1 aliphatic heterocycles. The van der Waals surface area contributed by atoms with Gasteiger partial charge in [0, 0.05) is 55.1 Å². The quantitative estimate of drug-likeness (QED) is 0.471. The number of amides is 2. The number of benzene rings is 2. The molecule has 0 aliphatic carbocycles. The predicted molar refractivity (Wildman–Crippen MR) is 142 cm³/mol. The molecule has 1 aromatic heterocycles. The number of hydrogen-bond acceptors (Lipinski definition) is 5. The maximum atomic E-state index is 13.1. The summed E-state index contributed by atoms with van der Waals surface area (Å²) in [4.78, 5) is 34.3. The molecule has 190 valence electrons. The van der Waals surface area contributed by atoms with Crippen LogP contribution in [0.25, 0.3) is 16.9 Å². The van der Waals surface area contributed by atoms with Crippen molar-refractivity contribution in [2.24, 2.45) is 0 Å². The van der Waals surface area contributed by atoms with Crippen LogP contribution in [0.15, 0.2) is 54.7 Å². The Morgan fingerprint density at radius 2 is 1.78 bits per heavy atom. The summed E-state index contributed by atoms with van der Waals surface area (Å²) in [6.07, 6.45) is 2.23. The van der Waals surface area contributed by atoms with Gasteiger partial charge in [0.25, 0.3) is 0 Å². The molecule has 2 amide bonds. The molecule has 4 rings (SSSR count). The lowest BCUT2D eigenvalue weighted by atomic mass is 10.2. The lowest BCUT2D eigenvalue weighted by molar-refractivity contribution is -0.134. The number of aromatic nitrogens is 2. The normalized spacial score (nSPS) is 14.0. The lowest BCUT2D eigenvalue weighted by Gasteiger charge is -2.29. The van der Waals surface area contributed by atoms with Crippen LogP contribution in [0.2, 0.25) is 5.02 Å². The minimum Gasteiger partial charge on any atom is -0.379 e. The van der Waals surface area contributed by atoms with Crippen LogP contribution < -0.4 is 5.32 Å². The topological polar surface area (TPSA) is 79.7 Å². The molecule has 3 aromatic rings. The Balaban J connectivity index is 1.52. The first-order valence-electron chi connectivity index (χ1n) is 12.2. The van der Waals surface area contributed by atoms with E-state index >= 15 is 0 Å². The minimum absolute atomic E-state index is 0.0337. The largest absolute Gasteiger partial charge is 0.379 e. The van der Waals surface area contributed by atoms with E-state index in [4.69, 9.17) is 21.3 Å². The monoisotopic (exact) mass is 509 g/mol. The van der Waals surface area contributed by atoms with Crippen LogP contribution in [0.5, 0.6) is 0 Å². The van der Waals surface area contributed by atoms with Crippen molar-refractivity contribution >= 4 is 29.4 Å². The van der Waals surface area contributed by atoms with Gasteiger partial charge in [-0.3, -0.25) is 24.4 Å². The van der Waals surface area contributed by atoms with Crippen molar-refractivity contribution in [1.29, 1.82) is 0 Å². The van der Waals surface area contributed by atoms with Gasteiger partial charge in [-0.05, 0) is 31.2 Å². The van der Waals surface area contributed by atoms with Crippen molar-refractivity contribution in [1.82, 2.24) is 19.4 Å². The summed E-state index contributed by atoms with van der Waals surface area (Å²) in [5.41, 5.74) is 3.60. The maximum absolute atomic E-state index is 13.1. The number of imidazole rings is 1. The first kappa shape index (κ1) is 25.9. The predicted octanol–water partition coefficient (Wildman–Crippen LogP) is 4.01. The summed E-state index contributed by atoms with van der Waals surface area (Å²) >= 11 is 6.05. The molecule has 0 unspecified atom stereocenters. The first-order chi connectivity index (χ1) is 17.4. The molecule has 0 bridgehead atoms. The molecule has 1 saturated heterocycles. The van der Waals surface area contributed by atoms with Gasteiger partial charge >= 0.3 is 0 Å². The Labute approximate surface area is 216 Å². The average Bonchev–Trinajstić information content (AvgIpc) is 3.31. The summed E-state index contributed by atoms with van der Waals surface area (Å²) in [5.74, 6) is 0.0495. The van der Waals surface area contributed by atoms with Crippen molar-refractivity contribution in [2.75, 3.05) is 51.3 Å². The van der Waals surface area contributed by atoms with Crippen LogP contribution in [0.3, 0.4) is 0 Å². The molecule has 0 saturated carbocycles. The van der Waals surface area contributed by atoms with Gasteiger partial charge in [-0.2, -0.15) is 0 Å². The number of carbonyl (C=O) groups excluding carboxylic acids is 2. The number of aryl methyl sites for hydroxylation is 1. The van der Waals surface area contributed by atoms with Crippen LogP contribution in [0.4, 0.5) is 5.95 Å². The third-order valence-electron chi connectivity index (χ3n) is 6.19. The molecule has 2 aromatic carbocycles. The smallest absolute Gasteiger partial charge is 0.246 e. The molecule has 36 heavy (non-hydrogen) atoms. The van der Waals surface area contributed by atoms with E-state index in [2.05, 4.69) is 10.2 Å². The summed E-state index contributed by atoms with van der Waals surface area (Å²) < 4.78 is 7.25. The third kappa shape index (κ3) is 6.72. The van der Waals surface area contributed by atoms with E-state index in [1.54, 1.807) is 4.90 Å². The van der Waals surface area contributed by atoms with Crippen molar-refractivity contribution in [3.63, 3.8) is 0 Å². The third-order valence-corrected chi connectivity index (χ3v) is 6.44. The minimum atomic E-state index is -0.291. The molecule has 1 fully saturated rings. The Kier molecular flexibility index (Phi) is 8.74. The number of anilines is 1. The fraction of sp³-hybridized carbons (Fsp3) is 0.370. The van der Waals surface area contributed by atoms with E-state index in [1.165, 1.54) is 0 Å². The van der Waals surface area contributed by atoms with Gasteiger partial charge in [0.2, 0.25) is 17.8 Å². The highest BCUT2D eigenvalue weighted by Gasteiger charge is 2.20. The molecule has 9 heteroatoms. The highest BCUT2D eigenvalue weighted by molar-refractivity contribution is 6.30. The number of morpholine rings is 1. The summed E-state index contributed by atoms with van der Waals surface area (Å²) in [6.45, 7) is 8.06. The molecule has 1 aliphatic rings. The van der Waals surface area contributed by atoms with E-state index in [1.807, 2.05) is 73.1 Å². The number of ether oxygens (including phenoxy) is 1. The van der Waals surface area contributed by atoms with Crippen LogP contribution in [-0.4, -0.2) is 77.1 Å². The zero-order chi connectivity index (χ0) is 25.5. The Morgan fingerprint density at radius 1 is 1.08 bits per heavy atom. The van der Waals surface area contributed by atoms with E-state index in [9.17, 15) is 9.59 Å². The maximum Gasteiger partial charge on any atom is 0.246 e. The molecular formula is C27H32ClN5O3. The van der Waals surface area contributed by atoms with Gasteiger partial charge in [0.1, 0.15) is 0 Å². The van der Waals surface area contributed by atoms with Crippen LogP contribution >= 0.6 is 11.6 Å².